The van der Waals surface area contributed by atoms with Crippen LogP contribution in [0.2, 0.25) is 0 Å². The molecule has 8 nitrogen and oxygen atoms in total. The molecule has 2 atom stereocenters. The van der Waals surface area contributed by atoms with E-state index in [0.29, 0.717) is 11.3 Å². The van der Waals surface area contributed by atoms with Gasteiger partial charge in [0, 0.05) is 31.7 Å². The summed E-state index contributed by atoms with van der Waals surface area (Å²) in [5.74, 6) is -0.557. The van der Waals surface area contributed by atoms with Gasteiger partial charge in [-0.05, 0) is 38.1 Å². The number of hydrogen-bond donors (Lipinski definition) is 2. The predicted octanol–water partition coefficient (Wildman–Crippen LogP) is 1.15. The molecule has 0 radical (unpaired) electrons. The summed E-state index contributed by atoms with van der Waals surface area (Å²) in [5.41, 5.74) is 7.00. The van der Waals surface area contributed by atoms with E-state index in [4.69, 9.17) is 10.5 Å². The maximum atomic E-state index is 13.1. The van der Waals surface area contributed by atoms with E-state index in [1.54, 1.807) is 31.2 Å². The minimum absolute atomic E-state index is 0.236. The highest BCUT2D eigenvalue weighted by Gasteiger charge is 2.44. The average molecular weight is 425 g/mol. The number of ether oxygens (including phenoxy) is 1. The van der Waals surface area contributed by atoms with Gasteiger partial charge in [0.25, 0.3) is 17.7 Å². The summed E-state index contributed by atoms with van der Waals surface area (Å²) in [7, 11) is 0. The van der Waals surface area contributed by atoms with Crippen LogP contribution in [0.15, 0.2) is 54.6 Å². The third kappa shape index (κ3) is 5.21. The van der Waals surface area contributed by atoms with E-state index in [9.17, 15) is 14.4 Å². The number of nitrogens with one attached hydrogen (secondary N) is 1. The molecule has 3 amide bonds. The summed E-state index contributed by atoms with van der Waals surface area (Å²) < 4.78 is 5.74. The van der Waals surface area contributed by atoms with Gasteiger partial charge in [0.1, 0.15) is 5.75 Å². The molecule has 2 aromatic carbocycles. The van der Waals surface area contributed by atoms with Crippen molar-refractivity contribution in [2.75, 3.05) is 26.2 Å². The van der Waals surface area contributed by atoms with Crippen molar-refractivity contribution in [2.45, 2.75) is 26.1 Å². The van der Waals surface area contributed by atoms with Crippen molar-refractivity contribution in [3.63, 3.8) is 0 Å². The molecule has 2 aromatic rings. The molecule has 31 heavy (non-hydrogen) atoms. The molecular weight excluding hydrogens is 396 g/mol. The molecule has 8 heteroatoms. The number of nitrogens with two attached hydrogens (primary N) is 1. The van der Waals surface area contributed by atoms with Crippen LogP contribution in [0, 0.1) is 6.92 Å². The number of nitrogens with zero attached hydrogens (tertiary/aromatic N) is 2. The fourth-order valence-electron chi connectivity index (χ4n) is 3.49. The largest absolute Gasteiger partial charge is 0.481 e. The highest BCUT2D eigenvalue weighted by molar-refractivity contribution is 5.99. The van der Waals surface area contributed by atoms with Gasteiger partial charge in [-0.2, -0.15) is 0 Å². The second-order valence-corrected chi connectivity index (χ2v) is 7.42. The molecule has 1 fully saturated rings. The zero-order valence-electron chi connectivity index (χ0n) is 17.8. The Hall–Kier alpha value is -3.39. The summed E-state index contributed by atoms with van der Waals surface area (Å²) in [6.45, 7) is 4.55. The molecule has 1 aliphatic heterocycles. The van der Waals surface area contributed by atoms with E-state index >= 15 is 0 Å². The van der Waals surface area contributed by atoms with Crippen LogP contribution in [0.3, 0.4) is 0 Å². The fourth-order valence-corrected chi connectivity index (χ4v) is 3.49. The highest BCUT2D eigenvalue weighted by atomic mass is 16.5. The Labute approximate surface area is 182 Å². The molecule has 0 aliphatic carbocycles. The highest BCUT2D eigenvalue weighted by Crippen LogP contribution is 2.21. The van der Waals surface area contributed by atoms with Crippen LogP contribution >= 0.6 is 0 Å². The number of amides is 3. The number of para-hydroxylation sites is 1. The molecular formula is C23H28N4O4. The van der Waals surface area contributed by atoms with Gasteiger partial charge < -0.3 is 25.6 Å². The van der Waals surface area contributed by atoms with Crippen LogP contribution in [-0.4, -0.2) is 66.0 Å². The zero-order valence-corrected chi connectivity index (χ0v) is 17.8. The third-order valence-corrected chi connectivity index (χ3v) is 5.10. The third-order valence-electron chi connectivity index (χ3n) is 5.10. The molecule has 1 aliphatic rings. The number of aryl methyl sites for hydroxylation is 1. The van der Waals surface area contributed by atoms with Crippen LogP contribution in [-0.2, 0) is 9.59 Å². The number of carbonyl (C=O) groups is 3. The average Bonchev–Trinajstić information content (AvgIpc) is 3.22. The maximum Gasteiger partial charge on any atom is 0.265 e. The molecule has 1 saturated heterocycles. The van der Waals surface area contributed by atoms with Crippen molar-refractivity contribution >= 4 is 17.7 Å². The van der Waals surface area contributed by atoms with Crippen LogP contribution < -0.4 is 15.8 Å². The zero-order chi connectivity index (χ0) is 22.4. The van der Waals surface area contributed by atoms with E-state index in [1.165, 1.54) is 9.80 Å². The van der Waals surface area contributed by atoms with Crippen LogP contribution in [0.1, 0.15) is 22.8 Å². The van der Waals surface area contributed by atoms with Gasteiger partial charge in [-0.3, -0.25) is 14.4 Å². The predicted molar refractivity (Wildman–Crippen MR) is 116 cm³/mol. The number of rotatable bonds is 7. The molecule has 0 aromatic heterocycles. The van der Waals surface area contributed by atoms with Crippen molar-refractivity contribution in [1.29, 1.82) is 0 Å². The van der Waals surface area contributed by atoms with Gasteiger partial charge in [-0.25, -0.2) is 0 Å². The normalized spacial score (nSPS) is 16.7. The monoisotopic (exact) mass is 424 g/mol. The van der Waals surface area contributed by atoms with Crippen LogP contribution in [0.25, 0.3) is 0 Å². The minimum Gasteiger partial charge on any atom is -0.481 e. The lowest BCUT2D eigenvalue weighted by atomic mass is 10.1. The van der Waals surface area contributed by atoms with Crippen LogP contribution in [0.4, 0.5) is 0 Å². The Bertz CT molecular complexity index is 917. The first kappa shape index (κ1) is 22.3. The van der Waals surface area contributed by atoms with Gasteiger partial charge in [0.15, 0.2) is 12.3 Å². The lowest BCUT2D eigenvalue weighted by Gasteiger charge is -2.30. The lowest BCUT2D eigenvalue weighted by Crippen LogP contribution is -2.56. The van der Waals surface area contributed by atoms with Gasteiger partial charge in [0.05, 0.1) is 0 Å². The molecule has 1 heterocycles. The first-order chi connectivity index (χ1) is 14.9. The van der Waals surface area contributed by atoms with Crippen molar-refractivity contribution in [3.8, 4) is 5.75 Å². The Morgan fingerprint density at radius 3 is 2.35 bits per heavy atom. The van der Waals surface area contributed by atoms with E-state index < -0.39 is 18.2 Å². The minimum atomic E-state index is -1.06. The van der Waals surface area contributed by atoms with E-state index in [1.807, 2.05) is 37.3 Å². The van der Waals surface area contributed by atoms with E-state index in [-0.39, 0.29) is 38.0 Å². The van der Waals surface area contributed by atoms with Crippen LogP contribution in [0.5, 0.6) is 5.75 Å². The van der Waals surface area contributed by atoms with Crippen molar-refractivity contribution < 1.29 is 19.1 Å². The van der Waals surface area contributed by atoms with Gasteiger partial charge in [0.2, 0.25) is 0 Å². The van der Waals surface area contributed by atoms with E-state index in [0.717, 1.165) is 5.56 Å². The summed E-state index contributed by atoms with van der Waals surface area (Å²) in [6, 6.07) is 16.1. The molecule has 2 unspecified atom stereocenters. The molecule has 164 valence electrons. The second-order valence-electron chi connectivity index (χ2n) is 7.42. The Morgan fingerprint density at radius 1 is 1.06 bits per heavy atom. The first-order valence-corrected chi connectivity index (χ1v) is 10.3. The summed E-state index contributed by atoms with van der Waals surface area (Å²) in [4.78, 5) is 42.0. The van der Waals surface area contributed by atoms with Crippen molar-refractivity contribution in [2.24, 2.45) is 5.73 Å². The smallest absolute Gasteiger partial charge is 0.265 e. The number of carbonyl (C=O) groups excluding carboxylic acids is 3. The van der Waals surface area contributed by atoms with Crippen molar-refractivity contribution in [1.82, 2.24) is 15.1 Å². The quantitative estimate of drug-likeness (QED) is 0.694. The Kier molecular flexibility index (Phi) is 7.25. The number of benzene rings is 2. The maximum absolute atomic E-state index is 13.1. The fraction of sp³-hybridized carbons (Fsp3) is 0.348. The molecule has 0 bridgehead atoms. The Balaban J connectivity index is 1.81. The molecule has 3 rings (SSSR count). The Morgan fingerprint density at radius 2 is 1.71 bits per heavy atom. The summed E-state index contributed by atoms with van der Waals surface area (Å²) in [6.07, 6.45) is -1.88. The number of hydrogen-bond acceptors (Lipinski definition) is 5. The summed E-state index contributed by atoms with van der Waals surface area (Å²) >= 11 is 0. The standard InChI is InChI=1S/C23H28N4O4/c1-16-8-10-18(11-9-16)23(30)27-15-14-26(21(27)20(28)25-13-12-24)22(29)17(2)31-19-6-4-3-5-7-19/h3-11,17,21H,12-15,24H2,1-2H3,(H,25,28). The van der Waals surface area contributed by atoms with Gasteiger partial charge in [-0.1, -0.05) is 35.9 Å². The second kappa shape index (κ2) is 10.1. The molecule has 3 N–H and O–H groups in total. The van der Waals surface area contributed by atoms with E-state index in [2.05, 4.69) is 5.32 Å². The SMILES string of the molecule is Cc1ccc(C(=O)N2CCN(C(=O)C(C)Oc3ccccc3)C2C(=O)NCCN)cc1. The summed E-state index contributed by atoms with van der Waals surface area (Å²) in [5, 5.41) is 2.70. The molecule has 0 spiro atoms. The van der Waals surface area contributed by atoms with Crippen molar-refractivity contribution in [3.05, 3.63) is 65.7 Å². The lowest BCUT2D eigenvalue weighted by molar-refractivity contribution is -0.145. The van der Waals surface area contributed by atoms with Gasteiger partial charge >= 0.3 is 0 Å². The topological polar surface area (TPSA) is 105 Å². The van der Waals surface area contributed by atoms with Gasteiger partial charge in [-0.15, -0.1) is 0 Å². The molecule has 0 saturated carbocycles. The first-order valence-electron chi connectivity index (χ1n) is 10.3.